The second kappa shape index (κ2) is 6.35. The molecule has 0 N–H and O–H groups in total. The summed E-state index contributed by atoms with van der Waals surface area (Å²) in [6.07, 6.45) is 1.86. The molecular formula is C16H14ClNO2. The third-order valence-corrected chi connectivity index (χ3v) is 3.40. The third kappa shape index (κ3) is 3.68. The molecule has 0 unspecified atom stereocenters. The zero-order valence-corrected chi connectivity index (χ0v) is 11.8. The molecule has 0 saturated heterocycles. The van der Waals surface area contributed by atoms with Crippen LogP contribution in [0.1, 0.15) is 16.7 Å². The van der Waals surface area contributed by atoms with E-state index in [4.69, 9.17) is 11.6 Å². The van der Waals surface area contributed by atoms with E-state index in [0.29, 0.717) is 11.4 Å². The van der Waals surface area contributed by atoms with Crippen LogP contribution in [0.5, 0.6) is 0 Å². The second-order valence-electron chi connectivity index (χ2n) is 4.56. The van der Waals surface area contributed by atoms with Crippen LogP contribution in [0.15, 0.2) is 54.2 Å². The number of benzene rings is 2. The molecule has 2 aromatic carbocycles. The Balaban J connectivity index is 2.30. The molecule has 0 amide bonds. The molecule has 0 spiro atoms. The maximum Gasteiger partial charge on any atom is 0.251 e. The molecule has 0 radical (unpaired) electrons. The van der Waals surface area contributed by atoms with Crippen molar-refractivity contribution in [1.82, 2.24) is 0 Å². The van der Waals surface area contributed by atoms with E-state index in [0.717, 1.165) is 16.7 Å². The van der Waals surface area contributed by atoms with Gasteiger partial charge < -0.3 is 0 Å². The Hall–Kier alpha value is -2.13. The number of hydrogen-bond donors (Lipinski definition) is 0. The Bertz CT molecular complexity index is 651. The smallest absolute Gasteiger partial charge is 0.251 e. The normalized spacial score (nSPS) is 11.4. The molecule has 0 atom stereocenters. The van der Waals surface area contributed by atoms with Gasteiger partial charge in [0.15, 0.2) is 0 Å². The van der Waals surface area contributed by atoms with Gasteiger partial charge in [0.1, 0.15) is 0 Å². The van der Waals surface area contributed by atoms with Crippen molar-refractivity contribution in [2.75, 3.05) is 0 Å². The summed E-state index contributed by atoms with van der Waals surface area (Å²) in [6.45, 7) is 1.90. The van der Waals surface area contributed by atoms with E-state index >= 15 is 0 Å². The lowest BCUT2D eigenvalue weighted by Gasteiger charge is -2.02. The van der Waals surface area contributed by atoms with E-state index in [1.807, 2.05) is 49.4 Å². The first-order chi connectivity index (χ1) is 9.56. The summed E-state index contributed by atoms with van der Waals surface area (Å²) in [6, 6.07) is 14.8. The maximum atomic E-state index is 11.2. The summed E-state index contributed by atoms with van der Waals surface area (Å²) in [4.78, 5) is 10.8. The predicted molar refractivity (Wildman–Crippen MR) is 81.3 cm³/mol. The number of halogens is 1. The molecular weight excluding hydrogens is 274 g/mol. The summed E-state index contributed by atoms with van der Waals surface area (Å²) >= 11 is 6.04. The Morgan fingerprint density at radius 1 is 1.25 bits per heavy atom. The maximum absolute atomic E-state index is 11.2. The SMILES string of the molecule is Cc1ccc(/C=C(/Cc2ccccc2)[N+](=O)[O-])cc1Cl. The van der Waals surface area contributed by atoms with Gasteiger partial charge in [0, 0.05) is 11.1 Å². The predicted octanol–water partition coefficient (Wildman–Crippen LogP) is 4.51. The molecule has 0 saturated carbocycles. The first-order valence-corrected chi connectivity index (χ1v) is 6.59. The zero-order valence-electron chi connectivity index (χ0n) is 11.0. The average Bonchev–Trinajstić information content (AvgIpc) is 2.43. The monoisotopic (exact) mass is 287 g/mol. The van der Waals surface area contributed by atoms with Crippen molar-refractivity contribution in [1.29, 1.82) is 0 Å². The van der Waals surface area contributed by atoms with E-state index in [2.05, 4.69) is 0 Å². The van der Waals surface area contributed by atoms with E-state index in [1.165, 1.54) is 0 Å². The molecule has 2 aromatic rings. The summed E-state index contributed by atoms with van der Waals surface area (Å²) in [7, 11) is 0. The lowest BCUT2D eigenvalue weighted by atomic mass is 10.1. The molecule has 2 rings (SSSR count). The van der Waals surface area contributed by atoms with Gasteiger partial charge in [-0.05, 0) is 29.7 Å². The van der Waals surface area contributed by atoms with Crippen molar-refractivity contribution in [3.63, 3.8) is 0 Å². The van der Waals surface area contributed by atoms with Crippen LogP contribution in [0, 0.1) is 17.0 Å². The van der Waals surface area contributed by atoms with Gasteiger partial charge in [-0.1, -0.05) is 54.1 Å². The van der Waals surface area contributed by atoms with Crippen LogP contribution < -0.4 is 0 Å². The van der Waals surface area contributed by atoms with Crippen molar-refractivity contribution < 1.29 is 4.92 Å². The lowest BCUT2D eigenvalue weighted by molar-refractivity contribution is -0.425. The molecule has 4 heteroatoms. The standard InChI is InChI=1S/C16H14ClNO2/c1-12-7-8-14(11-16(12)17)10-15(18(19)20)9-13-5-3-2-4-6-13/h2-8,10-11H,9H2,1H3/b15-10-. The highest BCUT2D eigenvalue weighted by Gasteiger charge is 2.12. The van der Waals surface area contributed by atoms with Gasteiger partial charge >= 0.3 is 0 Å². The third-order valence-electron chi connectivity index (χ3n) is 2.99. The van der Waals surface area contributed by atoms with Crippen LogP contribution >= 0.6 is 11.6 Å². The van der Waals surface area contributed by atoms with Crippen molar-refractivity contribution in [3.8, 4) is 0 Å². The highest BCUT2D eigenvalue weighted by Crippen LogP contribution is 2.20. The first-order valence-electron chi connectivity index (χ1n) is 6.21. The number of aryl methyl sites for hydroxylation is 1. The molecule has 0 aliphatic rings. The van der Waals surface area contributed by atoms with E-state index in [-0.39, 0.29) is 10.6 Å². The van der Waals surface area contributed by atoms with Crippen LogP contribution in [-0.4, -0.2) is 4.92 Å². The fourth-order valence-corrected chi connectivity index (χ4v) is 2.05. The molecule has 0 bridgehead atoms. The van der Waals surface area contributed by atoms with Crippen LogP contribution in [0.3, 0.4) is 0 Å². The molecule has 0 aromatic heterocycles. The Kier molecular flexibility index (Phi) is 4.53. The number of allylic oxidation sites excluding steroid dienone is 1. The van der Waals surface area contributed by atoms with Crippen LogP contribution in [0.2, 0.25) is 5.02 Å². The van der Waals surface area contributed by atoms with Gasteiger partial charge in [0.2, 0.25) is 0 Å². The summed E-state index contributed by atoms with van der Waals surface area (Å²) < 4.78 is 0. The van der Waals surface area contributed by atoms with Crippen LogP contribution in [-0.2, 0) is 6.42 Å². The van der Waals surface area contributed by atoms with E-state index in [1.54, 1.807) is 12.1 Å². The van der Waals surface area contributed by atoms with Gasteiger partial charge in [-0.25, -0.2) is 0 Å². The van der Waals surface area contributed by atoms with Gasteiger partial charge in [0.25, 0.3) is 5.70 Å². The number of hydrogen-bond acceptors (Lipinski definition) is 2. The lowest BCUT2D eigenvalue weighted by Crippen LogP contribution is -2.02. The quantitative estimate of drug-likeness (QED) is 0.613. The van der Waals surface area contributed by atoms with Crippen molar-refractivity contribution in [2.45, 2.75) is 13.3 Å². The number of nitrogens with zero attached hydrogens (tertiary/aromatic N) is 1. The largest absolute Gasteiger partial charge is 0.259 e. The highest BCUT2D eigenvalue weighted by atomic mass is 35.5. The minimum absolute atomic E-state index is 0.149. The number of rotatable bonds is 4. The fraction of sp³-hybridized carbons (Fsp3) is 0.125. The van der Waals surface area contributed by atoms with Crippen molar-refractivity contribution >= 4 is 17.7 Å². The fourth-order valence-electron chi connectivity index (χ4n) is 1.86. The minimum atomic E-state index is -0.346. The average molecular weight is 288 g/mol. The Labute approximate surface area is 122 Å². The van der Waals surface area contributed by atoms with Gasteiger partial charge in [-0.3, -0.25) is 10.1 Å². The highest BCUT2D eigenvalue weighted by molar-refractivity contribution is 6.31. The molecule has 0 fully saturated rings. The molecule has 20 heavy (non-hydrogen) atoms. The topological polar surface area (TPSA) is 43.1 Å². The molecule has 0 aliphatic carbocycles. The first kappa shape index (κ1) is 14.3. The van der Waals surface area contributed by atoms with Crippen LogP contribution in [0.25, 0.3) is 6.08 Å². The van der Waals surface area contributed by atoms with E-state index < -0.39 is 0 Å². The molecule has 0 heterocycles. The van der Waals surface area contributed by atoms with Crippen molar-refractivity contribution in [2.24, 2.45) is 0 Å². The van der Waals surface area contributed by atoms with Crippen LogP contribution in [0.4, 0.5) is 0 Å². The summed E-state index contributed by atoms with van der Waals surface area (Å²) in [5.74, 6) is 0. The molecule has 3 nitrogen and oxygen atoms in total. The zero-order chi connectivity index (χ0) is 14.5. The Morgan fingerprint density at radius 3 is 2.55 bits per heavy atom. The summed E-state index contributed by atoms with van der Waals surface area (Å²) in [5, 5.41) is 11.8. The molecule has 102 valence electrons. The van der Waals surface area contributed by atoms with E-state index in [9.17, 15) is 10.1 Å². The van der Waals surface area contributed by atoms with Gasteiger partial charge in [0.05, 0.1) is 11.3 Å². The Morgan fingerprint density at radius 2 is 1.95 bits per heavy atom. The summed E-state index contributed by atoms with van der Waals surface area (Å²) in [5.41, 5.74) is 2.75. The number of nitro groups is 1. The van der Waals surface area contributed by atoms with Gasteiger partial charge in [-0.15, -0.1) is 0 Å². The van der Waals surface area contributed by atoms with Crippen molar-refractivity contribution in [3.05, 3.63) is 86.1 Å². The minimum Gasteiger partial charge on any atom is -0.259 e. The second-order valence-corrected chi connectivity index (χ2v) is 4.97. The van der Waals surface area contributed by atoms with Gasteiger partial charge in [-0.2, -0.15) is 0 Å². The molecule has 0 aliphatic heterocycles.